The largest absolute Gasteiger partial charge is 0.493 e. The minimum atomic E-state index is 0.504. The third-order valence-corrected chi connectivity index (χ3v) is 2.77. The highest BCUT2D eigenvalue weighted by Gasteiger charge is 2.05. The highest BCUT2D eigenvalue weighted by atomic mass is 16.5. The molecular weight excluding hydrogens is 252 g/mol. The zero-order valence-electron chi connectivity index (χ0n) is 11.7. The fourth-order valence-corrected chi connectivity index (χ4v) is 1.76. The van der Waals surface area contributed by atoms with E-state index in [9.17, 15) is 0 Å². The van der Waals surface area contributed by atoms with Crippen LogP contribution < -0.4 is 14.9 Å². The molecule has 2 aromatic rings. The fourth-order valence-electron chi connectivity index (χ4n) is 1.76. The lowest BCUT2D eigenvalue weighted by molar-refractivity contribution is 0.284. The predicted molar refractivity (Wildman–Crippen MR) is 80.4 cm³/mol. The molecule has 0 fully saturated rings. The normalized spacial score (nSPS) is 10.5. The van der Waals surface area contributed by atoms with Gasteiger partial charge in [0.1, 0.15) is 6.61 Å². The summed E-state index contributed by atoms with van der Waals surface area (Å²) < 4.78 is 11.1. The second-order valence-corrected chi connectivity index (χ2v) is 4.17. The van der Waals surface area contributed by atoms with Gasteiger partial charge in [0, 0.05) is 7.05 Å². The molecule has 1 N–H and O–H groups in total. The van der Waals surface area contributed by atoms with Gasteiger partial charge in [0.15, 0.2) is 11.5 Å². The molecule has 104 valence electrons. The van der Waals surface area contributed by atoms with Crippen molar-refractivity contribution in [3.05, 3.63) is 59.7 Å². The van der Waals surface area contributed by atoms with Gasteiger partial charge in [-0.2, -0.15) is 5.10 Å². The first-order chi connectivity index (χ1) is 9.83. The molecule has 0 aliphatic rings. The SMILES string of the molecule is CN/N=C/c1ccc(OC)c(OCc2ccccc2)c1. The molecule has 0 heterocycles. The number of hydrogen-bond acceptors (Lipinski definition) is 4. The zero-order valence-corrected chi connectivity index (χ0v) is 11.7. The molecule has 0 bridgehead atoms. The second kappa shape index (κ2) is 7.19. The molecule has 20 heavy (non-hydrogen) atoms. The predicted octanol–water partition coefficient (Wildman–Crippen LogP) is 2.83. The Balaban J connectivity index is 2.14. The number of hydrazone groups is 1. The lowest BCUT2D eigenvalue weighted by Crippen LogP contribution is -1.99. The van der Waals surface area contributed by atoms with Gasteiger partial charge in [0.25, 0.3) is 0 Å². The summed E-state index contributed by atoms with van der Waals surface area (Å²) in [5, 5.41) is 3.99. The average molecular weight is 270 g/mol. The van der Waals surface area contributed by atoms with Gasteiger partial charge >= 0.3 is 0 Å². The van der Waals surface area contributed by atoms with Crippen LogP contribution in [-0.2, 0) is 6.61 Å². The third kappa shape index (κ3) is 3.75. The van der Waals surface area contributed by atoms with Crippen molar-refractivity contribution in [2.75, 3.05) is 14.2 Å². The smallest absolute Gasteiger partial charge is 0.162 e. The summed E-state index contributed by atoms with van der Waals surface area (Å²) in [5.74, 6) is 1.42. The number of nitrogens with zero attached hydrogens (tertiary/aromatic N) is 1. The number of benzene rings is 2. The summed E-state index contributed by atoms with van der Waals surface area (Å²) in [7, 11) is 3.39. The Morgan fingerprint density at radius 3 is 2.60 bits per heavy atom. The molecule has 2 rings (SSSR count). The molecule has 2 aromatic carbocycles. The number of rotatable bonds is 6. The molecule has 4 nitrogen and oxygen atoms in total. The van der Waals surface area contributed by atoms with Crippen LogP contribution >= 0.6 is 0 Å². The Kier molecular flexibility index (Phi) is 5.00. The van der Waals surface area contributed by atoms with Crippen molar-refractivity contribution in [2.45, 2.75) is 6.61 Å². The molecular formula is C16H18N2O2. The Labute approximate surface area is 119 Å². The van der Waals surface area contributed by atoms with E-state index in [0.717, 1.165) is 11.1 Å². The molecule has 0 saturated carbocycles. The van der Waals surface area contributed by atoms with E-state index in [2.05, 4.69) is 10.5 Å². The molecule has 0 aliphatic heterocycles. The highest BCUT2D eigenvalue weighted by Crippen LogP contribution is 2.28. The lowest BCUT2D eigenvalue weighted by Gasteiger charge is -2.11. The highest BCUT2D eigenvalue weighted by molar-refractivity contribution is 5.80. The van der Waals surface area contributed by atoms with Crippen LogP contribution in [0.25, 0.3) is 0 Å². The topological polar surface area (TPSA) is 42.9 Å². The number of hydrogen-bond donors (Lipinski definition) is 1. The third-order valence-electron chi connectivity index (χ3n) is 2.77. The molecule has 0 atom stereocenters. The number of nitrogens with one attached hydrogen (secondary N) is 1. The quantitative estimate of drug-likeness (QED) is 0.648. The van der Waals surface area contributed by atoms with Gasteiger partial charge < -0.3 is 14.9 Å². The molecule has 0 aromatic heterocycles. The van der Waals surface area contributed by atoms with E-state index in [1.54, 1.807) is 20.4 Å². The van der Waals surface area contributed by atoms with Crippen molar-refractivity contribution in [3.8, 4) is 11.5 Å². The van der Waals surface area contributed by atoms with E-state index in [-0.39, 0.29) is 0 Å². The Bertz CT molecular complexity index is 568. The van der Waals surface area contributed by atoms with E-state index < -0.39 is 0 Å². The molecule has 0 aliphatic carbocycles. The maximum atomic E-state index is 5.83. The van der Waals surface area contributed by atoms with Crippen molar-refractivity contribution >= 4 is 6.21 Å². The maximum absolute atomic E-state index is 5.83. The first-order valence-electron chi connectivity index (χ1n) is 6.38. The van der Waals surface area contributed by atoms with E-state index >= 15 is 0 Å². The molecule has 0 spiro atoms. The molecule has 4 heteroatoms. The van der Waals surface area contributed by atoms with E-state index in [4.69, 9.17) is 9.47 Å². The van der Waals surface area contributed by atoms with Gasteiger partial charge in [0.2, 0.25) is 0 Å². The van der Waals surface area contributed by atoms with Gasteiger partial charge in [-0.1, -0.05) is 30.3 Å². The first kappa shape index (κ1) is 13.9. The van der Waals surface area contributed by atoms with E-state index in [0.29, 0.717) is 18.1 Å². The van der Waals surface area contributed by atoms with Gasteiger partial charge in [-0.15, -0.1) is 0 Å². The zero-order chi connectivity index (χ0) is 14.2. The number of ether oxygens (including phenoxy) is 2. The van der Waals surface area contributed by atoms with Crippen LogP contribution in [0.3, 0.4) is 0 Å². The first-order valence-corrected chi connectivity index (χ1v) is 6.38. The van der Waals surface area contributed by atoms with Gasteiger partial charge in [-0.25, -0.2) is 0 Å². The summed E-state index contributed by atoms with van der Waals surface area (Å²) >= 11 is 0. The van der Waals surface area contributed by atoms with Crippen molar-refractivity contribution in [1.29, 1.82) is 0 Å². The summed E-state index contributed by atoms with van der Waals surface area (Å²) in [5.41, 5.74) is 4.78. The van der Waals surface area contributed by atoms with Crippen LogP contribution in [0.5, 0.6) is 11.5 Å². The fraction of sp³-hybridized carbons (Fsp3) is 0.188. The van der Waals surface area contributed by atoms with Gasteiger partial charge in [-0.3, -0.25) is 0 Å². The van der Waals surface area contributed by atoms with Crippen LogP contribution in [0.2, 0.25) is 0 Å². The van der Waals surface area contributed by atoms with Crippen LogP contribution in [0, 0.1) is 0 Å². The van der Waals surface area contributed by atoms with Crippen LogP contribution in [0.15, 0.2) is 53.6 Å². The summed E-state index contributed by atoms with van der Waals surface area (Å²) in [4.78, 5) is 0. The standard InChI is InChI=1S/C16H18N2O2/c1-17-18-11-14-8-9-15(19-2)16(10-14)20-12-13-6-4-3-5-7-13/h3-11,17H,12H2,1-2H3/b18-11+. The Morgan fingerprint density at radius 2 is 1.90 bits per heavy atom. The molecule has 0 radical (unpaired) electrons. The van der Waals surface area contributed by atoms with Crippen molar-refractivity contribution < 1.29 is 9.47 Å². The number of methoxy groups -OCH3 is 1. The summed E-state index contributed by atoms with van der Waals surface area (Å²) in [6, 6.07) is 15.7. The Morgan fingerprint density at radius 1 is 1.10 bits per heavy atom. The average Bonchev–Trinajstić information content (AvgIpc) is 2.52. The summed E-state index contributed by atoms with van der Waals surface area (Å²) in [6.45, 7) is 0.504. The van der Waals surface area contributed by atoms with Crippen LogP contribution in [-0.4, -0.2) is 20.4 Å². The van der Waals surface area contributed by atoms with Gasteiger partial charge in [0.05, 0.1) is 13.3 Å². The minimum Gasteiger partial charge on any atom is -0.493 e. The van der Waals surface area contributed by atoms with Gasteiger partial charge in [-0.05, 0) is 29.3 Å². The molecule has 0 unspecified atom stereocenters. The Hall–Kier alpha value is -2.49. The van der Waals surface area contributed by atoms with Crippen LogP contribution in [0.4, 0.5) is 0 Å². The molecule has 0 saturated heterocycles. The lowest BCUT2D eigenvalue weighted by atomic mass is 10.2. The van der Waals surface area contributed by atoms with Crippen molar-refractivity contribution in [2.24, 2.45) is 5.10 Å². The van der Waals surface area contributed by atoms with Crippen LogP contribution in [0.1, 0.15) is 11.1 Å². The monoisotopic (exact) mass is 270 g/mol. The molecule has 0 amide bonds. The summed E-state index contributed by atoms with van der Waals surface area (Å²) in [6.07, 6.45) is 1.73. The van der Waals surface area contributed by atoms with Crippen molar-refractivity contribution in [3.63, 3.8) is 0 Å². The maximum Gasteiger partial charge on any atom is 0.162 e. The minimum absolute atomic E-state index is 0.504. The van der Waals surface area contributed by atoms with E-state index in [1.807, 2.05) is 48.5 Å². The van der Waals surface area contributed by atoms with Crippen molar-refractivity contribution in [1.82, 2.24) is 5.43 Å². The second-order valence-electron chi connectivity index (χ2n) is 4.17. The van der Waals surface area contributed by atoms with E-state index in [1.165, 1.54) is 0 Å².